The molecule has 0 aromatic rings. The Labute approximate surface area is 94.4 Å². The van der Waals surface area contributed by atoms with Gasteiger partial charge in [-0.25, -0.2) is 4.79 Å². The fourth-order valence-corrected chi connectivity index (χ4v) is 1.07. The molecule has 5 heteroatoms. The summed E-state index contributed by atoms with van der Waals surface area (Å²) in [5.41, 5.74) is -1.14. The first-order valence-electron chi connectivity index (χ1n) is 4.10. The Balaban J connectivity index is 0.000000845. The molecular weight excluding hydrogens is 275 g/mol. The van der Waals surface area contributed by atoms with Gasteiger partial charge in [-0.1, -0.05) is 0 Å². The molecule has 0 atom stereocenters. The van der Waals surface area contributed by atoms with Gasteiger partial charge in [-0.3, -0.25) is 4.79 Å². The fraction of sp³-hybridized carbons (Fsp3) is 0.750. The molecule has 0 spiro atoms. The number of esters is 1. The Kier molecular flexibility index (Phi) is 2.95. The summed E-state index contributed by atoms with van der Waals surface area (Å²) in [6.45, 7) is 0. The Hall–Kier alpha value is -0.190. The monoisotopic (exact) mass is 288 g/mol. The van der Waals surface area contributed by atoms with E-state index in [4.69, 9.17) is 9.84 Å². The summed E-state index contributed by atoms with van der Waals surface area (Å²) in [4.78, 5) is 21.7. The topological polar surface area (TPSA) is 63.6 Å². The number of ether oxygens (including phenoxy) is 1. The number of carbonyl (C=O) groups excluding carboxylic acids is 1. The van der Waals surface area contributed by atoms with Crippen molar-refractivity contribution in [1.29, 1.82) is 0 Å². The van der Waals surface area contributed by atoms with Crippen LogP contribution in [-0.4, -0.2) is 48.5 Å². The SMILES string of the molecule is O=C(OC1(C(=O)O)CC1)C1CC1.[InH3]. The van der Waals surface area contributed by atoms with E-state index in [2.05, 4.69) is 0 Å². The van der Waals surface area contributed by atoms with E-state index >= 15 is 0 Å². The second kappa shape index (κ2) is 3.52. The van der Waals surface area contributed by atoms with Crippen LogP contribution in [0.3, 0.4) is 0 Å². The summed E-state index contributed by atoms with van der Waals surface area (Å²) in [6.07, 6.45) is 2.66. The molecule has 2 aliphatic carbocycles. The van der Waals surface area contributed by atoms with Crippen LogP contribution in [0.25, 0.3) is 0 Å². The van der Waals surface area contributed by atoms with Crippen LogP contribution in [0.1, 0.15) is 25.7 Å². The van der Waals surface area contributed by atoms with E-state index in [9.17, 15) is 9.59 Å². The van der Waals surface area contributed by atoms with Gasteiger partial charge in [-0.15, -0.1) is 0 Å². The van der Waals surface area contributed by atoms with Crippen LogP contribution < -0.4 is 0 Å². The molecule has 13 heavy (non-hydrogen) atoms. The number of carboxylic acid groups (broad SMARTS) is 1. The van der Waals surface area contributed by atoms with Crippen molar-refractivity contribution in [3.05, 3.63) is 0 Å². The van der Waals surface area contributed by atoms with Gasteiger partial charge >= 0.3 is 37.8 Å². The number of aliphatic carboxylic acids is 1. The Morgan fingerprint density at radius 1 is 1.31 bits per heavy atom. The third kappa shape index (κ3) is 2.18. The van der Waals surface area contributed by atoms with Crippen molar-refractivity contribution in [1.82, 2.24) is 0 Å². The second-order valence-corrected chi connectivity index (χ2v) is 3.49. The molecule has 2 saturated carbocycles. The first-order chi connectivity index (χ1) is 5.64. The van der Waals surface area contributed by atoms with E-state index < -0.39 is 11.6 Å². The van der Waals surface area contributed by atoms with Crippen molar-refractivity contribution >= 4 is 37.8 Å². The molecule has 2 aliphatic rings. The molecule has 0 saturated heterocycles. The van der Waals surface area contributed by atoms with Crippen LogP contribution in [0, 0.1) is 5.92 Å². The Morgan fingerprint density at radius 2 is 1.85 bits per heavy atom. The summed E-state index contributed by atoms with van der Waals surface area (Å²) in [7, 11) is 0. The van der Waals surface area contributed by atoms with Crippen LogP contribution in [0.2, 0.25) is 0 Å². The summed E-state index contributed by atoms with van der Waals surface area (Å²) in [6, 6.07) is 0. The third-order valence-corrected chi connectivity index (χ3v) is 2.30. The predicted octanol–water partition coefficient (Wildman–Crippen LogP) is -0.627. The number of rotatable bonds is 3. The maximum atomic E-state index is 11.1. The van der Waals surface area contributed by atoms with E-state index in [0.29, 0.717) is 12.8 Å². The predicted molar refractivity (Wildman–Crippen MR) is 48.4 cm³/mol. The van der Waals surface area contributed by atoms with Crippen LogP contribution in [0.15, 0.2) is 0 Å². The van der Waals surface area contributed by atoms with Gasteiger partial charge in [0.25, 0.3) is 0 Å². The van der Waals surface area contributed by atoms with E-state index in [1.54, 1.807) is 0 Å². The quantitative estimate of drug-likeness (QED) is 0.703. The molecule has 0 radical (unpaired) electrons. The van der Waals surface area contributed by atoms with Gasteiger partial charge in [0.2, 0.25) is 5.60 Å². The molecule has 2 fully saturated rings. The molecule has 1 N–H and O–H groups in total. The molecule has 0 bridgehead atoms. The molecular formula is C8H13InO4. The molecule has 2 rings (SSSR count). The summed E-state index contributed by atoms with van der Waals surface area (Å²) in [5, 5.41) is 8.68. The van der Waals surface area contributed by atoms with Gasteiger partial charge < -0.3 is 9.84 Å². The Morgan fingerprint density at radius 3 is 2.15 bits per heavy atom. The minimum absolute atomic E-state index is 0. The first-order valence-corrected chi connectivity index (χ1v) is 4.10. The zero-order valence-corrected chi connectivity index (χ0v) is 6.58. The van der Waals surface area contributed by atoms with Crippen molar-refractivity contribution < 1.29 is 19.4 Å². The summed E-state index contributed by atoms with van der Waals surface area (Å²) < 4.78 is 4.90. The fourth-order valence-electron chi connectivity index (χ4n) is 1.07. The molecule has 0 aliphatic heterocycles. The third-order valence-electron chi connectivity index (χ3n) is 2.30. The molecule has 0 aromatic heterocycles. The zero-order chi connectivity index (χ0) is 8.77. The van der Waals surface area contributed by atoms with E-state index in [1.165, 1.54) is 0 Å². The zero-order valence-electron chi connectivity index (χ0n) is 6.58. The van der Waals surface area contributed by atoms with Gasteiger partial charge in [0, 0.05) is 12.8 Å². The molecule has 0 amide bonds. The molecule has 4 nitrogen and oxygen atoms in total. The second-order valence-electron chi connectivity index (χ2n) is 3.49. The number of hydrogen-bond donors (Lipinski definition) is 1. The van der Waals surface area contributed by atoms with Gasteiger partial charge in [0.05, 0.1) is 5.92 Å². The van der Waals surface area contributed by atoms with Gasteiger partial charge in [0.1, 0.15) is 0 Å². The number of hydrogen-bond acceptors (Lipinski definition) is 3. The molecule has 0 aromatic carbocycles. The Bertz CT molecular complexity index is 243. The first kappa shape index (κ1) is 10.9. The van der Waals surface area contributed by atoms with Gasteiger partial charge in [0.15, 0.2) is 0 Å². The van der Waals surface area contributed by atoms with E-state index in [1.807, 2.05) is 0 Å². The summed E-state index contributed by atoms with van der Waals surface area (Å²) >= 11 is 0. The van der Waals surface area contributed by atoms with Crippen LogP contribution >= 0.6 is 0 Å². The normalized spacial score (nSPS) is 22.8. The number of carboxylic acids is 1. The van der Waals surface area contributed by atoms with Crippen molar-refractivity contribution in [2.45, 2.75) is 31.3 Å². The van der Waals surface area contributed by atoms with Crippen molar-refractivity contribution in [2.24, 2.45) is 5.92 Å². The van der Waals surface area contributed by atoms with Crippen LogP contribution in [0.5, 0.6) is 0 Å². The average molecular weight is 288 g/mol. The van der Waals surface area contributed by atoms with Crippen LogP contribution in [0.4, 0.5) is 0 Å². The van der Waals surface area contributed by atoms with Gasteiger partial charge in [-0.05, 0) is 12.8 Å². The van der Waals surface area contributed by atoms with Crippen molar-refractivity contribution in [3.8, 4) is 0 Å². The molecule has 0 heterocycles. The van der Waals surface area contributed by atoms with Gasteiger partial charge in [-0.2, -0.15) is 0 Å². The average Bonchev–Trinajstić information content (AvgIpc) is 2.84. The van der Waals surface area contributed by atoms with E-state index in [0.717, 1.165) is 12.8 Å². The molecule has 72 valence electrons. The van der Waals surface area contributed by atoms with Crippen molar-refractivity contribution in [2.75, 3.05) is 0 Å². The minimum atomic E-state index is -1.14. The number of carbonyl (C=O) groups is 2. The van der Waals surface area contributed by atoms with Crippen molar-refractivity contribution in [3.63, 3.8) is 0 Å². The summed E-state index contributed by atoms with van der Waals surface area (Å²) in [5.74, 6) is -1.34. The standard InChI is InChI=1S/C8H10O4.In.3H/c9-6(5-1-2-5)12-8(3-4-8)7(10)11;;;;/h5H,1-4H2,(H,10,11);;;;. The van der Waals surface area contributed by atoms with E-state index in [-0.39, 0.29) is 37.7 Å². The van der Waals surface area contributed by atoms with Crippen LogP contribution in [-0.2, 0) is 14.3 Å². The molecule has 0 unspecified atom stereocenters. The maximum absolute atomic E-state index is 11.1.